The molecule has 4 heteroatoms. The summed E-state index contributed by atoms with van der Waals surface area (Å²) in [6.45, 7) is 1.93. The van der Waals surface area contributed by atoms with E-state index in [1.165, 1.54) is 0 Å². The zero-order valence-corrected chi connectivity index (χ0v) is 12.3. The maximum atomic E-state index is 12.3. The third-order valence-electron chi connectivity index (χ3n) is 3.24. The monoisotopic (exact) mass is 298 g/mol. The third-order valence-corrected chi connectivity index (χ3v) is 4.48. The molecule has 0 atom stereocenters. The molecule has 0 fully saturated rings. The molecule has 0 radical (unpaired) electrons. The molecule has 106 valence electrons. The van der Waals surface area contributed by atoms with E-state index in [0.717, 1.165) is 16.3 Å². The van der Waals surface area contributed by atoms with Crippen molar-refractivity contribution in [3.63, 3.8) is 0 Å². The molecule has 0 aromatic heterocycles. The summed E-state index contributed by atoms with van der Waals surface area (Å²) < 4.78 is 29.8. The highest BCUT2D eigenvalue weighted by atomic mass is 32.2. The number of aryl methyl sites for hydroxylation is 1. The lowest BCUT2D eigenvalue weighted by atomic mass is 10.1. The molecule has 21 heavy (non-hydrogen) atoms. The van der Waals surface area contributed by atoms with E-state index < -0.39 is 10.1 Å². The lowest BCUT2D eigenvalue weighted by Crippen LogP contribution is -2.09. The van der Waals surface area contributed by atoms with Gasteiger partial charge in [-0.25, -0.2) is 0 Å². The standard InChI is InChI=1S/C17H14O3S/c1-13-6-9-16(10-7-13)20-21(18,19)17-11-8-14-4-2-3-5-15(14)12-17/h2-12H,1H3. The summed E-state index contributed by atoms with van der Waals surface area (Å²) in [4.78, 5) is 0.154. The van der Waals surface area contributed by atoms with Gasteiger partial charge in [0.05, 0.1) is 0 Å². The van der Waals surface area contributed by atoms with Crippen LogP contribution in [0.2, 0.25) is 0 Å². The average Bonchev–Trinajstić information content (AvgIpc) is 2.49. The van der Waals surface area contributed by atoms with Gasteiger partial charge in [0.2, 0.25) is 0 Å². The zero-order chi connectivity index (χ0) is 14.9. The number of benzene rings is 3. The molecule has 0 amide bonds. The quantitative estimate of drug-likeness (QED) is 0.688. The number of fused-ring (bicyclic) bond motifs is 1. The van der Waals surface area contributed by atoms with Gasteiger partial charge in [-0.1, -0.05) is 48.0 Å². The van der Waals surface area contributed by atoms with Crippen LogP contribution < -0.4 is 4.18 Å². The van der Waals surface area contributed by atoms with E-state index in [9.17, 15) is 8.42 Å². The van der Waals surface area contributed by atoms with Crippen LogP contribution in [-0.4, -0.2) is 8.42 Å². The summed E-state index contributed by atoms with van der Waals surface area (Å²) in [6.07, 6.45) is 0. The molecule has 3 aromatic carbocycles. The smallest absolute Gasteiger partial charge is 0.339 e. The van der Waals surface area contributed by atoms with Crippen LogP contribution in [0.5, 0.6) is 5.75 Å². The Bertz CT molecular complexity index is 881. The third kappa shape index (κ3) is 2.90. The zero-order valence-electron chi connectivity index (χ0n) is 11.5. The summed E-state index contributed by atoms with van der Waals surface area (Å²) in [5, 5.41) is 1.86. The molecule has 0 N–H and O–H groups in total. The Hall–Kier alpha value is -2.33. The Morgan fingerprint density at radius 3 is 2.19 bits per heavy atom. The second-order valence-corrected chi connectivity index (χ2v) is 6.41. The van der Waals surface area contributed by atoms with E-state index in [-0.39, 0.29) is 4.90 Å². The summed E-state index contributed by atoms with van der Waals surface area (Å²) in [5.41, 5.74) is 1.05. The van der Waals surface area contributed by atoms with Crippen molar-refractivity contribution in [1.29, 1.82) is 0 Å². The molecule has 0 unspecified atom stereocenters. The van der Waals surface area contributed by atoms with Gasteiger partial charge in [-0.15, -0.1) is 0 Å². The molecule has 0 aliphatic rings. The van der Waals surface area contributed by atoms with Crippen LogP contribution in [0, 0.1) is 6.92 Å². The van der Waals surface area contributed by atoms with Crippen LogP contribution in [0.1, 0.15) is 5.56 Å². The maximum absolute atomic E-state index is 12.3. The van der Waals surface area contributed by atoms with Crippen molar-refractivity contribution in [2.45, 2.75) is 11.8 Å². The summed E-state index contributed by atoms with van der Waals surface area (Å²) in [6, 6.07) is 19.5. The van der Waals surface area contributed by atoms with Gasteiger partial charge >= 0.3 is 10.1 Å². The minimum absolute atomic E-state index is 0.154. The fourth-order valence-corrected chi connectivity index (χ4v) is 3.06. The first kappa shape index (κ1) is 13.6. The Labute approximate surface area is 123 Å². The highest BCUT2D eigenvalue weighted by molar-refractivity contribution is 7.87. The molecule has 3 rings (SSSR count). The van der Waals surface area contributed by atoms with Gasteiger partial charge in [0.15, 0.2) is 0 Å². The molecule has 0 heterocycles. The predicted octanol–water partition coefficient (Wildman–Crippen LogP) is 3.92. The van der Waals surface area contributed by atoms with Crippen molar-refractivity contribution in [2.24, 2.45) is 0 Å². The van der Waals surface area contributed by atoms with E-state index >= 15 is 0 Å². The molecule has 0 spiro atoms. The molecule has 3 nitrogen and oxygen atoms in total. The second-order valence-electron chi connectivity index (χ2n) is 4.86. The summed E-state index contributed by atoms with van der Waals surface area (Å²) in [5.74, 6) is 0.314. The van der Waals surface area contributed by atoms with E-state index in [4.69, 9.17) is 4.18 Å². The Balaban J connectivity index is 1.97. The van der Waals surface area contributed by atoms with Gasteiger partial charge in [-0.3, -0.25) is 0 Å². The predicted molar refractivity (Wildman–Crippen MR) is 82.9 cm³/mol. The first-order valence-electron chi connectivity index (χ1n) is 6.54. The Morgan fingerprint density at radius 2 is 1.48 bits per heavy atom. The lowest BCUT2D eigenvalue weighted by molar-refractivity contribution is 0.486. The minimum Gasteiger partial charge on any atom is -0.379 e. The number of hydrogen-bond donors (Lipinski definition) is 0. The first-order valence-corrected chi connectivity index (χ1v) is 7.95. The topological polar surface area (TPSA) is 43.4 Å². The molecule has 0 aliphatic heterocycles. The van der Waals surface area contributed by atoms with Crippen molar-refractivity contribution in [3.05, 3.63) is 72.3 Å². The summed E-state index contributed by atoms with van der Waals surface area (Å²) >= 11 is 0. The maximum Gasteiger partial charge on any atom is 0.339 e. The van der Waals surface area contributed by atoms with E-state index in [0.29, 0.717) is 5.75 Å². The molecular formula is C17H14O3S. The molecule has 0 aliphatic carbocycles. The van der Waals surface area contributed by atoms with Crippen LogP contribution >= 0.6 is 0 Å². The van der Waals surface area contributed by atoms with Crippen molar-refractivity contribution < 1.29 is 12.6 Å². The fraction of sp³-hybridized carbons (Fsp3) is 0.0588. The summed E-state index contributed by atoms with van der Waals surface area (Å²) in [7, 11) is -3.82. The minimum atomic E-state index is -3.82. The largest absolute Gasteiger partial charge is 0.379 e. The Kier molecular flexibility index (Phi) is 3.39. The van der Waals surface area contributed by atoms with Gasteiger partial charge in [-0.05, 0) is 42.0 Å². The molecular weight excluding hydrogens is 284 g/mol. The van der Waals surface area contributed by atoms with Crippen LogP contribution in [0.4, 0.5) is 0 Å². The van der Waals surface area contributed by atoms with Crippen LogP contribution in [0.15, 0.2) is 71.6 Å². The van der Waals surface area contributed by atoms with Crippen LogP contribution in [0.25, 0.3) is 10.8 Å². The highest BCUT2D eigenvalue weighted by Crippen LogP contribution is 2.22. The molecule has 0 saturated heterocycles. The van der Waals surface area contributed by atoms with Crippen molar-refractivity contribution in [1.82, 2.24) is 0 Å². The van der Waals surface area contributed by atoms with Crippen LogP contribution in [0.3, 0.4) is 0 Å². The van der Waals surface area contributed by atoms with Crippen LogP contribution in [-0.2, 0) is 10.1 Å². The average molecular weight is 298 g/mol. The van der Waals surface area contributed by atoms with E-state index in [2.05, 4.69) is 0 Å². The normalized spacial score (nSPS) is 11.5. The SMILES string of the molecule is Cc1ccc(OS(=O)(=O)c2ccc3ccccc3c2)cc1. The van der Waals surface area contributed by atoms with E-state index in [1.807, 2.05) is 43.3 Å². The lowest BCUT2D eigenvalue weighted by Gasteiger charge is -2.08. The fourth-order valence-electron chi connectivity index (χ4n) is 2.09. The van der Waals surface area contributed by atoms with Crippen molar-refractivity contribution in [3.8, 4) is 5.75 Å². The van der Waals surface area contributed by atoms with Crippen molar-refractivity contribution >= 4 is 20.9 Å². The van der Waals surface area contributed by atoms with Gasteiger partial charge in [0.25, 0.3) is 0 Å². The molecule has 0 bridgehead atoms. The second kappa shape index (κ2) is 5.22. The Morgan fingerprint density at radius 1 is 0.810 bits per heavy atom. The molecule has 0 saturated carbocycles. The van der Waals surface area contributed by atoms with E-state index in [1.54, 1.807) is 30.3 Å². The van der Waals surface area contributed by atoms with Gasteiger partial charge < -0.3 is 4.18 Å². The van der Waals surface area contributed by atoms with Gasteiger partial charge in [-0.2, -0.15) is 8.42 Å². The van der Waals surface area contributed by atoms with Gasteiger partial charge in [0.1, 0.15) is 10.6 Å². The highest BCUT2D eigenvalue weighted by Gasteiger charge is 2.16. The van der Waals surface area contributed by atoms with Crippen molar-refractivity contribution in [2.75, 3.05) is 0 Å². The first-order chi connectivity index (χ1) is 10.0. The van der Waals surface area contributed by atoms with Gasteiger partial charge in [0, 0.05) is 0 Å². The number of rotatable bonds is 3. The molecule has 3 aromatic rings. The number of hydrogen-bond acceptors (Lipinski definition) is 3.